The fourth-order valence-electron chi connectivity index (χ4n) is 3.53. The number of nitrogens with zero attached hydrogens (tertiary/aromatic N) is 2. The van der Waals surface area contributed by atoms with Crippen LogP contribution in [0.2, 0.25) is 0 Å². The number of nitriles is 1. The predicted octanol–water partition coefficient (Wildman–Crippen LogP) is 5.97. The number of aromatic nitrogens is 1. The lowest BCUT2D eigenvalue weighted by Gasteiger charge is -2.14. The molecule has 0 fully saturated rings. The molecule has 4 aromatic rings. The highest BCUT2D eigenvalue weighted by Crippen LogP contribution is 2.38. The van der Waals surface area contributed by atoms with E-state index in [1.54, 1.807) is 31.5 Å². The molecular formula is C22H15F3N2O. The molecule has 0 atom stereocenters. The van der Waals surface area contributed by atoms with Crippen LogP contribution >= 0.6 is 0 Å². The van der Waals surface area contributed by atoms with Gasteiger partial charge in [-0.1, -0.05) is 18.2 Å². The van der Waals surface area contributed by atoms with Gasteiger partial charge in [0.2, 0.25) is 0 Å². The van der Waals surface area contributed by atoms with Crippen molar-refractivity contribution in [2.75, 3.05) is 7.11 Å². The minimum absolute atomic E-state index is 0.434. The lowest BCUT2D eigenvalue weighted by molar-refractivity contribution is -0.137. The van der Waals surface area contributed by atoms with Gasteiger partial charge in [-0.3, -0.25) is 0 Å². The van der Waals surface area contributed by atoms with Gasteiger partial charge in [0, 0.05) is 22.8 Å². The number of ether oxygens (including phenoxy) is 1. The first-order chi connectivity index (χ1) is 13.3. The molecule has 0 unspecified atom stereocenters. The average Bonchev–Trinajstić information content (AvgIpc) is 3.02. The first-order valence-electron chi connectivity index (χ1n) is 8.53. The summed E-state index contributed by atoms with van der Waals surface area (Å²) in [6.07, 6.45) is -2.66. The molecular weight excluding hydrogens is 365 g/mol. The third-order valence-electron chi connectivity index (χ3n) is 4.90. The number of aryl methyl sites for hydroxylation is 1. The van der Waals surface area contributed by atoms with Crippen LogP contribution < -0.4 is 4.74 Å². The Bertz CT molecular complexity index is 1250. The Labute approximate surface area is 159 Å². The van der Waals surface area contributed by atoms with E-state index in [4.69, 9.17) is 4.74 Å². The highest BCUT2D eigenvalue weighted by atomic mass is 19.4. The van der Waals surface area contributed by atoms with E-state index in [0.717, 1.165) is 23.4 Å². The van der Waals surface area contributed by atoms with Gasteiger partial charge in [-0.2, -0.15) is 18.4 Å². The third kappa shape index (κ3) is 2.76. The second kappa shape index (κ2) is 6.31. The maximum atomic E-state index is 13.3. The van der Waals surface area contributed by atoms with E-state index in [2.05, 4.69) is 6.07 Å². The molecule has 140 valence electrons. The summed E-state index contributed by atoms with van der Waals surface area (Å²) in [7, 11) is 1.55. The van der Waals surface area contributed by atoms with E-state index in [9.17, 15) is 18.4 Å². The van der Waals surface area contributed by atoms with Gasteiger partial charge in [-0.15, -0.1) is 0 Å². The monoisotopic (exact) mass is 380 g/mol. The fraction of sp³-hybridized carbons (Fsp3) is 0.136. The lowest BCUT2D eigenvalue weighted by Crippen LogP contribution is -2.05. The highest BCUT2D eigenvalue weighted by molar-refractivity contribution is 6.06. The number of fused-ring (bicyclic) bond motifs is 3. The average molecular weight is 380 g/mol. The Morgan fingerprint density at radius 3 is 2.32 bits per heavy atom. The summed E-state index contributed by atoms with van der Waals surface area (Å²) in [6.45, 7) is 1.86. The molecule has 28 heavy (non-hydrogen) atoms. The number of pyridine rings is 1. The van der Waals surface area contributed by atoms with Crippen molar-refractivity contribution < 1.29 is 17.9 Å². The highest BCUT2D eigenvalue weighted by Gasteiger charge is 2.31. The van der Waals surface area contributed by atoms with Gasteiger partial charge in [-0.05, 0) is 48.2 Å². The minimum Gasteiger partial charge on any atom is -0.497 e. The van der Waals surface area contributed by atoms with Crippen LogP contribution in [-0.4, -0.2) is 11.5 Å². The largest absolute Gasteiger partial charge is 0.497 e. The maximum absolute atomic E-state index is 13.3. The van der Waals surface area contributed by atoms with Crippen LogP contribution in [-0.2, 0) is 6.18 Å². The van der Waals surface area contributed by atoms with Gasteiger partial charge in [0.05, 0.1) is 23.8 Å². The zero-order valence-corrected chi connectivity index (χ0v) is 15.1. The molecule has 0 aliphatic carbocycles. The molecule has 2 aromatic heterocycles. The number of alkyl halides is 3. The van der Waals surface area contributed by atoms with Crippen LogP contribution in [0.3, 0.4) is 0 Å². The van der Waals surface area contributed by atoms with Crippen molar-refractivity contribution in [1.29, 1.82) is 5.26 Å². The third-order valence-corrected chi connectivity index (χ3v) is 4.90. The van der Waals surface area contributed by atoms with Crippen molar-refractivity contribution in [3.8, 4) is 22.9 Å². The number of rotatable bonds is 2. The predicted molar refractivity (Wildman–Crippen MR) is 101 cm³/mol. The van der Waals surface area contributed by atoms with Crippen molar-refractivity contribution in [3.63, 3.8) is 0 Å². The van der Waals surface area contributed by atoms with Crippen LogP contribution in [0, 0.1) is 18.3 Å². The molecule has 0 spiro atoms. The van der Waals surface area contributed by atoms with Crippen LogP contribution in [0.25, 0.3) is 27.4 Å². The Kier molecular flexibility index (Phi) is 4.04. The van der Waals surface area contributed by atoms with Crippen molar-refractivity contribution in [3.05, 3.63) is 71.5 Å². The van der Waals surface area contributed by atoms with Crippen molar-refractivity contribution in [2.24, 2.45) is 0 Å². The number of halogens is 3. The molecule has 2 aromatic carbocycles. The van der Waals surface area contributed by atoms with Crippen LogP contribution in [0.1, 0.15) is 16.8 Å². The summed E-state index contributed by atoms with van der Waals surface area (Å²) in [4.78, 5) is 0. The van der Waals surface area contributed by atoms with Gasteiger partial charge in [0.1, 0.15) is 11.8 Å². The standard InChI is InChI=1S/C22H15F3N2O/c1-13-9-15(11-26)21-18-8-5-16(22(23,24)25)10-19(18)20(12-27(13)21)14-3-6-17(28-2)7-4-14/h3-10,12H,1-2H3. The van der Waals surface area contributed by atoms with Crippen LogP contribution in [0.4, 0.5) is 13.2 Å². The summed E-state index contributed by atoms with van der Waals surface area (Å²) in [5, 5.41) is 10.5. The summed E-state index contributed by atoms with van der Waals surface area (Å²) in [5.74, 6) is 0.661. The molecule has 0 N–H and O–H groups in total. The van der Waals surface area contributed by atoms with Gasteiger partial charge < -0.3 is 9.14 Å². The summed E-state index contributed by atoms with van der Waals surface area (Å²) < 4.78 is 47.0. The first kappa shape index (κ1) is 17.9. The summed E-state index contributed by atoms with van der Waals surface area (Å²) in [5.41, 5.74) is 2.58. The van der Waals surface area contributed by atoms with E-state index in [1.807, 2.05) is 23.5 Å². The zero-order chi connectivity index (χ0) is 20.1. The van der Waals surface area contributed by atoms with E-state index < -0.39 is 11.7 Å². The van der Waals surface area contributed by atoms with Crippen molar-refractivity contribution in [1.82, 2.24) is 4.40 Å². The number of benzene rings is 2. The van der Waals surface area contributed by atoms with E-state index in [1.165, 1.54) is 6.07 Å². The first-order valence-corrected chi connectivity index (χ1v) is 8.53. The molecule has 6 heteroatoms. The van der Waals surface area contributed by atoms with Gasteiger partial charge >= 0.3 is 6.18 Å². The van der Waals surface area contributed by atoms with E-state index >= 15 is 0 Å². The number of hydrogen-bond acceptors (Lipinski definition) is 2. The second-order valence-electron chi connectivity index (χ2n) is 6.56. The molecule has 3 nitrogen and oxygen atoms in total. The van der Waals surface area contributed by atoms with Crippen molar-refractivity contribution >= 4 is 16.3 Å². The molecule has 4 rings (SSSR count). The van der Waals surface area contributed by atoms with Crippen LogP contribution in [0.5, 0.6) is 5.75 Å². The van der Waals surface area contributed by atoms with Crippen LogP contribution in [0.15, 0.2) is 54.7 Å². The maximum Gasteiger partial charge on any atom is 0.416 e. The smallest absolute Gasteiger partial charge is 0.416 e. The topological polar surface area (TPSA) is 37.4 Å². The zero-order valence-electron chi connectivity index (χ0n) is 15.1. The minimum atomic E-state index is -4.45. The van der Waals surface area contributed by atoms with Gasteiger partial charge in [0.15, 0.2) is 0 Å². The Morgan fingerprint density at radius 2 is 1.71 bits per heavy atom. The number of hydrogen-bond donors (Lipinski definition) is 0. The Hall–Kier alpha value is -3.46. The van der Waals surface area contributed by atoms with Gasteiger partial charge in [-0.25, -0.2) is 0 Å². The van der Waals surface area contributed by atoms with E-state index in [0.29, 0.717) is 33.2 Å². The lowest BCUT2D eigenvalue weighted by atomic mass is 9.97. The molecule has 0 amide bonds. The molecule has 0 saturated heterocycles. The summed E-state index contributed by atoms with van der Waals surface area (Å²) in [6, 6.07) is 14.7. The van der Waals surface area contributed by atoms with E-state index in [-0.39, 0.29) is 0 Å². The second-order valence-corrected chi connectivity index (χ2v) is 6.56. The molecule has 0 bridgehead atoms. The van der Waals surface area contributed by atoms with Crippen molar-refractivity contribution in [2.45, 2.75) is 13.1 Å². The van der Waals surface area contributed by atoms with Gasteiger partial charge in [0.25, 0.3) is 0 Å². The SMILES string of the molecule is COc1ccc(-c2cn3c(C)cc(C#N)c3c3ccc(C(F)(F)F)cc23)cc1. The molecule has 0 radical (unpaired) electrons. The molecule has 2 heterocycles. The summed E-state index contributed by atoms with van der Waals surface area (Å²) >= 11 is 0. The molecule has 0 aliphatic heterocycles. The number of methoxy groups -OCH3 is 1. The Balaban J connectivity index is 2.13. The fourth-order valence-corrected chi connectivity index (χ4v) is 3.53. The quantitative estimate of drug-likeness (QED) is 0.430. The Morgan fingerprint density at radius 1 is 1.00 bits per heavy atom. The normalized spacial score (nSPS) is 11.7. The molecule has 0 aliphatic rings. The molecule has 0 saturated carbocycles.